The second kappa shape index (κ2) is 14.4. The number of amides is 2. The van der Waals surface area contributed by atoms with Gasteiger partial charge in [0.2, 0.25) is 21.8 Å². The zero-order valence-electron chi connectivity index (χ0n) is 23.7. The Kier molecular flexibility index (Phi) is 11.2. The molecule has 214 valence electrons. The monoisotopic (exact) mass is 557 g/mol. The van der Waals surface area contributed by atoms with Crippen molar-refractivity contribution in [2.45, 2.75) is 83.8 Å². The molecule has 39 heavy (non-hydrogen) atoms. The average molecular weight is 558 g/mol. The number of aryl methyl sites for hydroxylation is 1. The van der Waals surface area contributed by atoms with Crippen molar-refractivity contribution in [2.24, 2.45) is 0 Å². The van der Waals surface area contributed by atoms with E-state index in [0.717, 1.165) is 49.0 Å². The van der Waals surface area contributed by atoms with Crippen molar-refractivity contribution in [3.05, 3.63) is 59.7 Å². The molecule has 1 aliphatic carbocycles. The molecule has 2 aromatic carbocycles. The van der Waals surface area contributed by atoms with Crippen molar-refractivity contribution >= 4 is 27.5 Å². The summed E-state index contributed by atoms with van der Waals surface area (Å²) in [5.74, 6) is 0.421. The van der Waals surface area contributed by atoms with Gasteiger partial charge in [0.25, 0.3) is 0 Å². The number of sulfonamides is 1. The first-order valence-corrected chi connectivity index (χ1v) is 15.8. The van der Waals surface area contributed by atoms with E-state index in [2.05, 4.69) is 5.32 Å². The SMILES string of the molecule is CCc1ccc(N(CCCC(=O)N(Cc2ccc(OC)cc2)[C@H](CC)C(=O)NC2CCCC2)S(C)(=O)=O)cc1. The summed E-state index contributed by atoms with van der Waals surface area (Å²) in [6.45, 7) is 4.42. The minimum absolute atomic E-state index is 0.125. The maximum absolute atomic E-state index is 13.6. The van der Waals surface area contributed by atoms with Crippen LogP contribution >= 0.6 is 0 Å². The van der Waals surface area contributed by atoms with E-state index in [4.69, 9.17) is 4.74 Å². The number of methoxy groups -OCH3 is 1. The Balaban J connectivity index is 1.75. The van der Waals surface area contributed by atoms with Gasteiger partial charge in [-0.25, -0.2) is 8.42 Å². The van der Waals surface area contributed by atoms with Crippen molar-refractivity contribution in [3.8, 4) is 5.75 Å². The minimum Gasteiger partial charge on any atom is -0.497 e. The van der Waals surface area contributed by atoms with E-state index in [1.54, 1.807) is 24.1 Å². The number of hydrogen-bond donors (Lipinski definition) is 1. The largest absolute Gasteiger partial charge is 0.497 e. The van der Waals surface area contributed by atoms with Crippen LogP contribution in [0.1, 0.15) is 69.9 Å². The summed E-state index contributed by atoms with van der Waals surface area (Å²) in [5.41, 5.74) is 2.60. The van der Waals surface area contributed by atoms with Gasteiger partial charge in [0.15, 0.2) is 0 Å². The van der Waals surface area contributed by atoms with Crippen molar-refractivity contribution in [3.63, 3.8) is 0 Å². The molecule has 2 amide bonds. The third-order valence-electron chi connectivity index (χ3n) is 7.38. The molecule has 0 radical (unpaired) electrons. The predicted octanol–water partition coefficient (Wildman–Crippen LogP) is 4.67. The molecule has 3 rings (SSSR count). The van der Waals surface area contributed by atoms with Crippen LogP contribution in [0.25, 0.3) is 0 Å². The summed E-state index contributed by atoms with van der Waals surface area (Å²) in [7, 11) is -1.93. The first kappa shape index (κ1) is 30.5. The molecule has 0 aromatic heterocycles. The Labute approximate surface area is 233 Å². The Bertz CT molecular complexity index is 1180. The zero-order valence-corrected chi connectivity index (χ0v) is 24.5. The predicted molar refractivity (Wildman–Crippen MR) is 155 cm³/mol. The van der Waals surface area contributed by atoms with E-state index in [-0.39, 0.29) is 37.4 Å². The minimum atomic E-state index is -3.53. The Hall–Kier alpha value is -3.07. The first-order chi connectivity index (χ1) is 18.7. The molecular formula is C30H43N3O5S. The zero-order chi connectivity index (χ0) is 28.4. The summed E-state index contributed by atoms with van der Waals surface area (Å²) in [6, 6.07) is 14.5. The Morgan fingerprint density at radius 2 is 1.62 bits per heavy atom. The molecule has 0 bridgehead atoms. The normalized spacial score (nSPS) is 14.6. The maximum atomic E-state index is 13.6. The number of carbonyl (C=O) groups is 2. The molecule has 9 heteroatoms. The molecule has 1 atom stereocenters. The van der Waals surface area contributed by atoms with Crippen molar-refractivity contribution < 1.29 is 22.7 Å². The van der Waals surface area contributed by atoms with Gasteiger partial charge in [-0.15, -0.1) is 0 Å². The summed E-state index contributed by atoms with van der Waals surface area (Å²) >= 11 is 0. The van der Waals surface area contributed by atoms with Crippen LogP contribution < -0.4 is 14.4 Å². The average Bonchev–Trinajstić information content (AvgIpc) is 3.43. The number of rotatable bonds is 14. The lowest BCUT2D eigenvalue weighted by atomic mass is 10.1. The number of benzene rings is 2. The number of anilines is 1. The number of ether oxygens (including phenoxy) is 1. The molecule has 1 aliphatic rings. The molecule has 0 spiro atoms. The van der Waals surface area contributed by atoms with Crippen molar-refractivity contribution in [1.82, 2.24) is 10.2 Å². The quantitative estimate of drug-likeness (QED) is 0.364. The highest BCUT2D eigenvalue weighted by molar-refractivity contribution is 7.92. The lowest BCUT2D eigenvalue weighted by Gasteiger charge is -2.32. The van der Waals surface area contributed by atoms with Gasteiger partial charge in [-0.1, -0.05) is 51.0 Å². The van der Waals surface area contributed by atoms with E-state index in [0.29, 0.717) is 18.5 Å². The van der Waals surface area contributed by atoms with Crippen LogP contribution in [0.15, 0.2) is 48.5 Å². The molecule has 0 aliphatic heterocycles. The number of hydrogen-bond acceptors (Lipinski definition) is 5. The number of carbonyl (C=O) groups excluding carboxylic acids is 2. The van der Waals surface area contributed by atoms with E-state index in [1.807, 2.05) is 50.2 Å². The molecule has 1 N–H and O–H groups in total. The molecule has 0 saturated heterocycles. The number of nitrogens with zero attached hydrogens (tertiary/aromatic N) is 2. The van der Waals surface area contributed by atoms with Crippen LogP contribution in [0, 0.1) is 0 Å². The van der Waals surface area contributed by atoms with Gasteiger partial charge in [-0.3, -0.25) is 13.9 Å². The van der Waals surface area contributed by atoms with Crippen LogP contribution in [0.2, 0.25) is 0 Å². The molecule has 0 heterocycles. The first-order valence-electron chi connectivity index (χ1n) is 14.0. The van der Waals surface area contributed by atoms with Crippen LogP contribution in [0.5, 0.6) is 5.75 Å². The van der Waals surface area contributed by atoms with Crippen LogP contribution in [0.4, 0.5) is 5.69 Å². The van der Waals surface area contributed by atoms with Gasteiger partial charge in [-0.2, -0.15) is 0 Å². The summed E-state index contributed by atoms with van der Waals surface area (Å²) in [4.78, 5) is 28.6. The highest BCUT2D eigenvalue weighted by Gasteiger charge is 2.30. The van der Waals surface area contributed by atoms with Gasteiger partial charge in [0.1, 0.15) is 11.8 Å². The highest BCUT2D eigenvalue weighted by Crippen LogP contribution is 2.22. The van der Waals surface area contributed by atoms with Crippen LogP contribution in [-0.2, 0) is 32.6 Å². The van der Waals surface area contributed by atoms with Crippen molar-refractivity contribution in [2.75, 3.05) is 24.2 Å². The van der Waals surface area contributed by atoms with Gasteiger partial charge >= 0.3 is 0 Å². The van der Waals surface area contributed by atoms with Gasteiger partial charge in [0, 0.05) is 25.6 Å². The second-order valence-corrected chi connectivity index (χ2v) is 12.1. The van der Waals surface area contributed by atoms with Crippen LogP contribution in [0.3, 0.4) is 0 Å². The molecule has 8 nitrogen and oxygen atoms in total. The fourth-order valence-electron chi connectivity index (χ4n) is 5.12. The van der Waals surface area contributed by atoms with E-state index < -0.39 is 16.1 Å². The number of nitrogens with one attached hydrogen (secondary N) is 1. The third kappa shape index (κ3) is 8.71. The lowest BCUT2D eigenvalue weighted by Crippen LogP contribution is -2.51. The van der Waals surface area contributed by atoms with E-state index in [1.165, 1.54) is 10.6 Å². The molecule has 1 saturated carbocycles. The molecule has 0 unspecified atom stereocenters. The summed E-state index contributed by atoms with van der Waals surface area (Å²) < 4.78 is 31.7. The van der Waals surface area contributed by atoms with Gasteiger partial charge < -0.3 is 15.0 Å². The fourth-order valence-corrected chi connectivity index (χ4v) is 6.08. The highest BCUT2D eigenvalue weighted by atomic mass is 32.2. The van der Waals surface area contributed by atoms with Crippen LogP contribution in [-0.4, -0.2) is 57.1 Å². The fraction of sp³-hybridized carbons (Fsp3) is 0.533. The van der Waals surface area contributed by atoms with Crippen molar-refractivity contribution in [1.29, 1.82) is 0 Å². The van der Waals surface area contributed by atoms with Gasteiger partial charge in [-0.05, 0) is 67.5 Å². The van der Waals surface area contributed by atoms with E-state index >= 15 is 0 Å². The summed E-state index contributed by atoms with van der Waals surface area (Å²) in [6.07, 6.45) is 7.14. The third-order valence-corrected chi connectivity index (χ3v) is 8.58. The topological polar surface area (TPSA) is 96.0 Å². The molecular weight excluding hydrogens is 514 g/mol. The standard InChI is InChI=1S/C30H43N3O5S/c1-5-23-13-17-26(18-14-23)33(39(4,36)37)21-9-12-29(34)32(22-24-15-19-27(38-3)20-16-24)28(6-2)30(35)31-25-10-7-8-11-25/h13-20,25,28H,5-12,21-22H2,1-4H3,(H,31,35)/t28-/m1/s1. The Morgan fingerprint density at radius 1 is 1.00 bits per heavy atom. The summed E-state index contributed by atoms with van der Waals surface area (Å²) in [5, 5.41) is 3.15. The molecule has 1 fully saturated rings. The molecule has 2 aromatic rings. The second-order valence-electron chi connectivity index (χ2n) is 10.2. The maximum Gasteiger partial charge on any atom is 0.243 e. The van der Waals surface area contributed by atoms with E-state index in [9.17, 15) is 18.0 Å². The Morgan fingerprint density at radius 3 is 2.15 bits per heavy atom. The lowest BCUT2D eigenvalue weighted by molar-refractivity contribution is -0.141. The smallest absolute Gasteiger partial charge is 0.243 e. The van der Waals surface area contributed by atoms with Gasteiger partial charge in [0.05, 0.1) is 19.1 Å².